The van der Waals surface area contributed by atoms with Crippen molar-refractivity contribution in [2.75, 3.05) is 0 Å². The molecule has 0 amide bonds. The minimum Gasteiger partial charge on any atom is -0.405 e. The minimum atomic E-state index is -1.20. The van der Waals surface area contributed by atoms with E-state index in [9.17, 15) is 0 Å². The second-order valence-electron chi connectivity index (χ2n) is 6.01. The quantitative estimate of drug-likeness (QED) is 0.598. The SMILES string of the molecule is CC(CCc1ccccc1)O[Si](c1ccccc1)c1ccccc1. The third-order valence-corrected chi connectivity index (χ3v) is 6.43. The maximum Gasteiger partial charge on any atom is 0.283 e. The molecule has 0 saturated carbocycles. The van der Waals surface area contributed by atoms with Gasteiger partial charge in [0.2, 0.25) is 0 Å². The van der Waals surface area contributed by atoms with Crippen molar-refractivity contribution in [1.82, 2.24) is 0 Å². The largest absolute Gasteiger partial charge is 0.405 e. The van der Waals surface area contributed by atoms with Gasteiger partial charge in [-0.15, -0.1) is 0 Å². The van der Waals surface area contributed by atoms with Gasteiger partial charge < -0.3 is 4.43 Å². The lowest BCUT2D eigenvalue weighted by Gasteiger charge is -2.21. The average molecular weight is 332 g/mol. The zero-order valence-corrected chi connectivity index (χ0v) is 15.1. The molecule has 3 rings (SSSR count). The number of hydrogen-bond donors (Lipinski definition) is 0. The molecule has 24 heavy (non-hydrogen) atoms. The molecule has 0 aliphatic rings. The van der Waals surface area contributed by atoms with Crippen LogP contribution in [0, 0.1) is 0 Å². The van der Waals surface area contributed by atoms with E-state index in [4.69, 9.17) is 4.43 Å². The first-order chi connectivity index (χ1) is 11.8. The highest BCUT2D eigenvalue weighted by Crippen LogP contribution is 2.08. The molecule has 0 N–H and O–H groups in total. The van der Waals surface area contributed by atoms with Gasteiger partial charge in [-0.3, -0.25) is 0 Å². The first-order valence-electron chi connectivity index (χ1n) is 8.51. The number of benzene rings is 3. The maximum atomic E-state index is 6.55. The summed E-state index contributed by atoms with van der Waals surface area (Å²) in [6.07, 6.45) is 2.33. The molecule has 0 aromatic heterocycles. The molecular weight excluding hydrogens is 308 g/mol. The van der Waals surface area contributed by atoms with Crippen LogP contribution in [0.25, 0.3) is 0 Å². The van der Waals surface area contributed by atoms with E-state index in [1.54, 1.807) is 0 Å². The van der Waals surface area contributed by atoms with Crippen molar-refractivity contribution in [2.24, 2.45) is 0 Å². The molecule has 0 aliphatic heterocycles. The molecule has 0 spiro atoms. The fourth-order valence-corrected chi connectivity index (χ4v) is 4.87. The van der Waals surface area contributed by atoms with Crippen molar-refractivity contribution < 1.29 is 4.43 Å². The Kier molecular flexibility index (Phi) is 5.99. The summed E-state index contributed by atoms with van der Waals surface area (Å²) in [6, 6.07) is 31.9. The molecule has 2 heteroatoms. The monoisotopic (exact) mass is 331 g/mol. The van der Waals surface area contributed by atoms with Gasteiger partial charge in [-0.25, -0.2) is 0 Å². The van der Waals surface area contributed by atoms with Crippen molar-refractivity contribution in [2.45, 2.75) is 25.9 Å². The van der Waals surface area contributed by atoms with Crippen LogP contribution in [-0.4, -0.2) is 15.1 Å². The Morgan fingerprint density at radius 1 is 0.708 bits per heavy atom. The van der Waals surface area contributed by atoms with Crippen LogP contribution in [0.3, 0.4) is 0 Å². The van der Waals surface area contributed by atoms with Crippen LogP contribution in [0.15, 0.2) is 91.0 Å². The van der Waals surface area contributed by atoms with Crippen LogP contribution in [0.5, 0.6) is 0 Å². The van der Waals surface area contributed by atoms with Gasteiger partial charge in [0.25, 0.3) is 9.04 Å². The standard InChI is InChI=1S/C22H23OSi/c1-19(17-18-20-11-5-2-6-12-20)23-24(21-13-7-3-8-14-21)22-15-9-4-10-16-22/h2-16,19H,17-18H2,1H3. The third-order valence-electron chi connectivity index (χ3n) is 4.07. The maximum absolute atomic E-state index is 6.55. The topological polar surface area (TPSA) is 9.23 Å². The Labute approximate surface area is 146 Å². The van der Waals surface area contributed by atoms with E-state index in [-0.39, 0.29) is 6.10 Å². The van der Waals surface area contributed by atoms with Crippen molar-refractivity contribution in [3.8, 4) is 0 Å². The fourth-order valence-electron chi connectivity index (χ4n) is 2.76. The number of aryl methyl sites for hydroxylation is 1. The lowest BCUT2D eigenvalue weighted by molar-refractivity contribution is 0.220. The smallest absolute Gasteiger partial charge is 0.283 e. The van der Waals surface area contributed by atoms with E-state index in [1.807, 2.05) is 0 Å². The fraction of sp³-hybridized carbons (Fsp3) is 0.182. The van der Waals surface area contributed by atoms with Gasteiger partial charge in [0.05, 0.1) is 0 Å². The predicted octanol–water partition coefficient (Wildman–Crippen LogP) is 3.83. The summed E-state index contributed by atoms with van der Waals surface area (Å²) >= 11 is 0. The van der Waals surface area contributed by atoms with Gasteiger partial charge in [-0.1, -0.05) is 91.0 Å². The van der Waals surface area contributed by atoms with E-state index in [0.717, 1.165) is 12.8 Å². The van der Waals surface area contributed by atoms with Crippen molar-refractivity contribution in [3.05, 3.63) is 96.6 Å². The molecule has 1 atom stereocenters. The van der Waals surface area contributed by atoms with E-state index < -0.39 is 9.04 Å². The number of hydrogen-bond acceptors (Lipinski definition) is 1. The Balaban J connectivity index is 1.70. The summed E-state index contributed by atoms with van der Waals surface area (Å²) in [5.74, 6) is 0. The second kappa shape index (κ2) is 8.62. The van der Waals surface area contributed by atoms with Gasteiger partial charge in [0.1, 0.15) is 0 Å². The second-order valence-corrected chi connectivity index (χ2v) is 8.06. The summed E-state index contributed by atoms with van der Waals surface area (Å²) in [6.45, 7) is 2.19. The van der Waals surface area contributed by atoms with E-state index in [1.165, 1.54) is 15.9 Å². The lowest BCUT2D eigenvalue weighted by atomic mass is 10.1. The normalized spacial score (nSPS) is 12.2. The molecule has 0 saturated heterocycles. The Morgan fingerprint density at radius 2 is 1.17 bits per heavy atom. The van der Waals surface area contributed by atoms with Gasteiger partial charge in [-0.2, -0.15) is 0 Å². The Hall–Kier alpha value is -2.16. The van der Waals surface area contributed by atoms with Crippen LogP contribution in [-0.2, 0) is 10.8 Å². The first-order valence-corrected chi connectivity index (χ1v) is 9.92. The molecule has 1 radical (unpaired) electrons. The van der Waals surface area contributed by atoms with E-state index in [0.29, 0.717) is 0 Å². The molecule has 0 aliphatic carbocycles. The average Bonchev–Trinajstić information content (AvgIpc) is 2.67. The van der Waals surface area contributed by atoms with Crippen LogP contribution in [0.2, 0.25) is 0 Å². The van der Waals surface area contributed by atoms with Crippen molar-refractivity contribution >= 4 is 19.4 Å². The highest BCUT2D eigenvalue weighted by Gasteiger charge is 2.21. The van der Waals surface area contributed by atoms with Crippen molar-refractivity contribution in [3.63, 3.8) is 0 Å². The molecular formula is C22H23OSi. The zero-order chi connectivity index (χ0) is 16.6. The number of rotatable bonds is 7. The predicted molar refractivity (Wildman–Crippen MR) is 103 cm³/mol. The minimum absolute atomic E-state index is 0.236. The summed E-state index contributed by atoms with van der Waals surface area (Å²) in [7, 11) is -1.20. The van der Waals surface area contributed by atoms with E-state index in [2.05, 4.69) is 97.9 Å². The molecule has 1 nitrogen and oxygen atoms in total. The first kappa shape index (κ1) is 16.7. The molecule has 1 unspecified atom stereocenters. The van der Waals surface area contributed by atoms with E-state index >= 15 is 0 Å². The molecule has 0 heterocycles. The molecule has 3 aromatic rings. The third kappa shape index (κ3) is 4.67. The summed E-state index contributed by atoms with van der Waals surface area (Å²) in [5.41, 5.74) is 1.38. The zero-order valence-electron chi connectivity index (χ0n) is 14.1. The highest BCUT2D eigenvalue weighted by atomic mass is 28.3. The Bertz CT molecular complexity index is 673. The van der Waals surface area contributed by atoms with Crippen LogP contribution in [0.1, 0.15) is 18.9 Å². The molecule has 121 valence electrons. The molecule has 3 aromatic carbocycles. The van der Waals surface area contributed by atoms with Gasteiger partial charge in [-0.05, 0) is 35.7 Å². The summed E-state index contributed by atoms with van der Waals surface area (Å²) in [5, 5.41) is 2.61. The van der Waals surface area contributed by atoms with Crippen LogP contribution in [0.4, 0.5) is 0 Å². The van der Waals surface area contributed by atoms with Gasteiger partial charge in [0, 0.05) is 6.10 Å². The highest BCUT2D eigenvalue weighted by molar-refractivity contribution is 6.80. The lowest BCUT2D eigenvalue weighted by Crippen LogP contribution is -2.46. The summed E-state index contributed by atoms with van der Waals surface area (Å²) in [4.78, 5) is 0. The van der Waals surface area contributed by atoms with Crippen LogP contribution >= 0.6 is 0 Å². The van der Waals surface area contributed by atoms with Crippen LogP contribution < -0.4 is 10.4 Å². The summed E-state index contributed by atoms with van der Waals surface area (Å²) < 4.78 is 6.55. The Morgan fingerprint density at radius 3 is 1.67 bits per heavy atom. The molecule has 0 bridgehead atoms. The van der Waals surface area contributed by atoms with Gasteiger partial charge >= 0.3 is 0 Å². The van der Waals surface area contributed by atoms with Crippen molar-refractivity contribution in [1.29, 1.82) is 0 Å². The van der Waals surface area contributed by atoms with Gasteiger partial charge in [0.15, 0.2) is 0 Å². The molecule has 0 fully saturated rings.